The summed E-state index contributed by atoms with van der Waals surface area (Å²) < 4.78 is 0. The van der Waals surface area contributed by atoms with Crippen LogP contribution in [0.25, 0.3) is 0 Å². The summed E-state index contributed by atoms with van der Waals surface area (Å²) in [6.07, 6.45) is 1.40. The van der Waals surface area contributed by atoms with E-state index >= 15 is 0 Å². The number of nitriles is 2. The molecule has 1 aromatic rings. The van der Waals surface area contributed by atoms with Crippen molar-refractivity contribution >= 4 is 17.3 Å². The third-order valence-electron chi connectivity index (χ3n) is 2.73. The lowest BCUT2D eigenvalue weighted by Crippen LogP contribution is -2.29. The number of hydrogen-bond donors (Lipinski definition) is 1. The normalized spacial score (nSPS) is 9.47. The summed E-state index contributed by atoms with van der Waals surface area (Å²) in [4.78, 5) is 11.8. The van der Waals surface area contributed by atoms with Gasteiger partial charge in [0.2, 0.25) is 0 Å². The van der Waals surface area contributed by atoms with Crippen LogP contribution in [0.1, 0.15) is 13.8 Å². The molecule has 0 amide bonds. The summed E-state index contributed by atoms with van der Waals surface area (Å²) in [5, 5.41) is 17.6. The quantitative estimate of drug-likeness (QED) is 0.751. The van der Waals surface area contributed by atoms with Crippen LogP contribution in [0, 0.1) is 22.7 Å². The van der Waals surface area contributed by atoms with Gasteiger partial charge < -0.3 is 15.5 Å². The zero-order valence-corrected chi connectivity index (χ0v) is 11.2. The van der Waals surface area contributed by atoms with E-state index in [4.69, 9.17) is 16.3 Å². The molecule has 1 heterocycles. The Morgan fingerprint density at radius 1 is 1.05 bits per heavy atom. The zero-order chi connectivity index (χ0) is 14.3. The molecule has 7 nitrogen and oxygen atoms in total. The van der Waals surface area contributed by atoms with Gasteiger partial charge in [0.05, 0.1) is 12.1 Å². The van der Waals surface area contributed by atoms with Crippen molar-refractivity contribution in [1.82, 2.24) is 9.97 Å². The standard InChI is InChI=1S/C12H17N7/c1-3-18(4-2)11-10(15)12(17-9-16-11)19(7-5-13)8-6-14/h9H,3-4,7-8,15H2,1-2H3. The molecule has 0 aliphatic heterocycles. The van der Waals surface area contributed by atoms with Crippen molar-refractivity contribution in [1.29, 1.82) is 10.5 Å². The number of rotatable bonds is 6. The monoisotopic (exact) mass is 259 g/mol. The Morgan fingerprint density at radius 2 is 1.53 bits per heavy atom. The number of nitrogens with two attached hydrogens (primary N) is 1. The van der Waals surface area contributed by atoms with Gasteiger partial charge in [-0.25, -0.2) is 9.97 Å². The highest BCUT2D eigenvalue weighted by molar-refractivity contribution is 5.76. The van der Waals surface area contributed by atoms with Crippen molar-refractivity contribution < 1.29 is 0 Å². The second-order valence-corrected chi connectivity index (χ2v) is 3.78. The van der Waals surface area contributed by atoms with E-state index in [1.165, 1.54) is 11.2 Å². The van der Waals surface area contributed by atoms with Gasteiger partial charge in [0.15, 0.2) is 11.6 Å². The van der Waals surface area contributed by atoms with E-state index in [-0.39, 0.29) is 13.1 Å². The lowest BCUT2D eigenvalue weighted by atomic mass is 10.3. The van der Waals surface area contributed by atoms with Gasteiger partial charge in [-0.2, -0.15) is 10.5 Å². The summed E-state index contributed by atoms with van der Waals surface area (Å²) in [6.45, 7) is 5.68. The Balaban J connectivity index is 3.19. The number of anilines is 3. The molecule has 0 aliphatic rings. The van der Waals surface area contributed by atoms with Crippen LogP contribution in [-0.2, 0) is 0 Å². The maximum atomic E-state index is 8.79. The number of nitrogen functional groups attached to an aromatic ring is 1. The van der Waals surface area contributed by atoms with Crippen molar-refractivity contribution in [3.05, 3.63) is 6.33 Å². The molecule has 0 bridgehead atoms. The molecular weight excluding hydrogens is 242 g/mol. The Labute approximate surface area is 112 Å². The zero-order valence-electron chi connectivity index (χ0n) is 11.2. The van der Waals surface area contributed by atoms with E-state index in [0.717, 1.165) is 13.1 Å². The second-order valence-electron chi connectivity index (χ2n) is 3.78. The van der Waals surface area contributed by atoms with Crippen molar-refractivity contribution in [2.45, 2.75) is 13.8 Å². The fourth-order valence-electron chi connectivity index (χ4n) is 1.78. The van der Waals surface area contributed by atoms with Crippen LogP contribution in [0.4, 0.5) is 17.3 Å². The number of aromatic nitrogens is 2. The lowest BCUT2D eigenvalue weighted by Gasteiger charge is -2.25. The van der Waals surface area contributed by atoms with Crippen molar-refractivity contribution in [3.8, 4) is 12.1 Å². The minimum absolute atomic E-state index is 0.0620. The van der Waals surface area contributed by atoms with Crippen LogP contribution in [0.5, 0.6) is 0 Å². The average Bonchev–Trinajstić information content (AvgIpc) is 2.42. The van der Waals surface area contributed by atoms with Gasteiger partial charge >= 0.3 is 0 Å². The first-order valence-electron chi connectivity index (χ1n) is 6.03. The molecule has 7 heteroatoms. The van der Waals surface area contributed by atoms with Gasteiger partial charge in [0.1, 0.15) is 25.1 Å². The average molecular weight is 259 g/mol. The minimum Gasteiger partial charge on any atom is -0.393 e. The van der Waals surface area contributed by atoms with E-state index < -0.39 is 0 Å². The molecular formula is C12H17N7. The molecule has 0 aromatic carbocycles. The first-order chi connectivity index (χ1) is 9.19. The van der Waals surface area contributed by atoms with Crippen LogP contribution < -0.4 is 15.5 Å². The summed E-state index contributed by atoms with van der Waals surface area (Å²) in [5.41, 5.74) is 6.47. The Kier molecular flexibility index (Phi) is 5.36. The lowest BCUT2D eigenvalue weighted by molar-refractivity contribution is 0.838. The van der Waals surface area contributed by atoms with E-state index in [1.54, 1.807) is 0 Å². The Bertz CT molecular complexity index is 480. The van der Waals surface area contributed by atoms with Crippen molar-refractivity contribution in [3.63, 3.8) is 0 Å². The topological polar surface area (TPSA) is 106 Å². The molecule has 0 saturated heterocycles. The van der Waals surface area contributed by atoms with E-state index in [0.29, 0.717) is 17.3 Å². The van der Waals surface area contributed by atoms with Gasteiger partial charge in [0.25, 0.3) is 0 Å². The first-order valence-corrected chi connectivity index (χ1v) is 6.03. The summed E-state index contributed by atoms with van der Waals surface area (Å²) in [5.74, 6) is 1.07. The SMILES string of the molecule is CCN(CC)c1ncnc(N(CC#N)CC#N)c1N. The molecule has 1 aromatic heterocycles. The largest absolute Gasteiger partial charge is 0.393 e. The van der Waals surface area contributed by atoms with Crippen LogP contribution >= 0.6 is 0 Å². The number of nitrogens with zero attached hydrogens (tertiary/aromatic N) is 6. The van der Waals surface area contributed by atoms with E-state index in [9.17, 15) is 0 Å². The molecule has 0 aliphatic carbocycles. The van der Waals surface area contributed by atoms with Crippen molar-refractivity contribution in [2.24, 2.45) is 0 Å². The summed E-state index contributed by atoms with van der Waals surface area (Å²) in [6, 6.07) is 4.00. The molecule has 19 heavy (non-hydrogen) atoms. The maximum absolute atomic E-state index is 8.79. The van der Waals surface area contributed by atoms with Crippen LogP contribution in [0.2, 0.25) is 0 Å². The third kappa shape index (κ3) is 3.23. The van der Waals surface area contributed by atoms with Gasteiger partial charge in [-0.3, -0.25) is 0 Å². The van der Waals surface area contributed by atoms with Crippen LogP contribution in [-0.4, -0.2) is 36.1 Å². The Morgan fingerprint density at radius 3 is 1.95 bits per heavy atom. The number of hydrogen-bond acceptors (Lipinski definition) is 7. The summed E-state index contributed by atoms with van der Waals surface area (Å²) >= 11 is 0. The highest BCUT2D eigenvalue weighted by atomic mass is 15.2. The predicted octanol–water partition coefficient (Wildman–Crippen LogP) is 0.759. The third-order valence-corrected chi connectivity index (χ3v) is 2.73. The molecule has 0 spiro atoms. The molecule has 0 saturated carbocycles. The van der Waals surface area contributed by atoms with E-state index in [1.807, 2.05) is 30.9 Å². The Hall–Kier alpha value is -2.54. The van der Waals surface area contributed by atoms with Crippen LogP contribution in [0.15, 0.2) is 6.33 Å². The smallest absolute Gasteiger partial charge is 0.159 e. The highest BCUT2D eigenvalue weighted by Crippen LogP contribution is 2.28. The van der Waals surface area contributed by atoms with Gasteiger partial charge in [-0.1, -0.05) is 0 Å². The van der Waals surface area contributed by atoms with E-state index in [2.05, 4.69) is 9.97 Å². The maximum Gasteiger partial charge on any atom is 0.159 e. The van der Waals surface area contributed by atoms with Crippen molar-refractivity contribution in [2.75, 3.05) is 41.7 Å². The molecule has 100 valence electrons. The second kappa shape index (κ2) is 7.02. The molecule has 2 N–H and O–H groups in total. The predicted molar refractivity (Wildman–Crippen MR) is 73.4 cm³/mol. The fraction of sp³-hybridized carbons (Fsp3) is 0.500. The molecule has 0 radical (unpaired) electrons. The van der Waals surface area contributed by atoms with Gasteiger partial charge in [0, 0.05) is 13.1 Å². The fourth-order valence-corrected chi connectivity index (χ4v) is 1.78. The van der Waals surface area contributed by atoms with Gasteiger partial charge in [-0.15, -0.1) is 0 Å². The highest BCUT2D eigenvalue weighted by Gasteiger charge is 2.17. The molecule has 0 atom stereocenters. The van der Waals surface area contributed by atoms with Crippen LogP contribution in [0.3, 0.4) is 0 Å². The molecule has 0 unspecified atom stereocenters. The summed E-state index contributed by atoms with van der Waals surface area (Å²) in [7, 11) is 0. The molecule has 1 rings (SSSR count). The first kappa shape index (κ1) is 14.5. The van der Waals surface area contributed by atoms with Gasteiger partial charge in [-0.05, 0) is 13.8 Å². The molecule has 0 fully saturated rings. The minimum atomic E-state index is 0.0620.